The molecule has 1 aromatic carbocycles. The van der Waals surface area contributed by atoms with E-state index in [1.807, 2.05) is 0 Å². The van der Waals surface area contributed by atoms with Gasteiger partial charge in [-0.15, -0.1) is 0 Å². The summed E-state index contributed by atoms with van der Waals surface area (Å²) in [5.41, 5.74) is -0.0931. The van der Waals surface area contributed by atoms with Crippen molar-refractivity contribution in [3.05, 3.63) is 29.8 Å². The summed E-state index contributed by atoms with van der Waals surface area (Å²) < 4.78 is 15.2. The predicted octanol–water partition coefficient (Wildman–Crippen LogP) is 3.64. The van der Waals surface area contributed by atoms with Gasteiger partial charge in [0.2, 0.25) is 0 Å². The summed E-state index contributed by atoms with van der Waals surface area (Å²) in [6.07, 6.45) is -1.14. The van der Waals surface area contributed by atoms with Crippen molar-refractivity contribution in [3.63, 3.8) is 0 Å². The highest BCUT2D eigenvalue weighted by atomic mass is 16.6. The van der Waals surface area contributed by atoms with E-state index in [2.05, 4.69) is 10.6 Å². The highest BCUT2D eigenvalue weighted by Crippen LogP contribution is 2.16. The quantitative estimate of drug-likeness (QED) is 0.584. The number of nitrogens with one attached hydrogen (secondary N) is 2. The molecule has 28 heavy (non-hydrogen) atoms. The number of hydrogen-bond donors (Lipinski definition) is 2. The Morgan fingerprint density at radius 2 is 1.54 bits per heavy atom. The van der Waals surface area contributed by atoms with Crippen LogP contribution in [0.3, 0.4) is 0 Å². The SMILES string of the molecule is COC(=O)[C@H](Cc1cccc(NC(=O)OC(C)(C)C)c1)NC(=O)OC(C)(C)C. The molecule has 0 radical (unpaired) electrons. The second kappa shape index (κ2) is 9.43. The third-order valence-corrected chi connectivity index (χ3v) is 3.19. The van der Waals surface area contributed by atoms with Crippen LogP contribution < -0.4 is 10.6 Å². The number of hydrogen-bond acceptors (Lipinski definition) is 6. The largest absolute Gasteiger partial charge is 0.467 e. The molecule has 156 valence electrons. The zero-order valence-electron chi connectivity index (χ0n) is 17.5. The molecule has 0 fully saturated rings. The molecule has 2 N–H and O–H groups in total. The van der Waals surface area contributed by atoms with E-state index in [0.29, 0.717) is 11.3 Å². The lowest BCUT2D eigenvalue weighted by atomic mass is 10.1. The van der Waals surface area contributed by atoms with Gasteiger partial charge in [-0.3, -0.25) is 5.32 Å². The van der Waals surface area contributed by atoms with Crippen molar-refractivity contribution in [2.75, 3.05) is 12.4 Å². The first-order chi connectivity index (χ1) is 12.8. The van der Waals surface area contributed by atoms with E-state index < -0.39 is 35.4 Å². The van der Waals surface area contributed by atoms with Crippen molar-refractivity contribution in [3.8, 4) is 0 Å². The lowest BCUT2D eigenvalue weighted by Crippen LogP contribution is -2.45. The van der Waals surface area contributed by atoms with Gasteiger partial charge in [0.25, 0.3) is 0 Å². The second-order valence-electron chi connectivity index (χ2n) is 8.25. The van der Waals surface area contributed by atoms with Crippen LogP contribution in [0.4, 0.5) is 15.3 Å². The monoisotopic (exact) mass is 394 g/mol. The fourth-order valence-electron chi connectivity index (χ4n) is 2.22. The lowest BCUT2D eigenvalue weighted by Gasteiger charge is -2.23. The summed E-state index contributed by atoms with van der Waals surface area (Å²) in [4.78, 5) is 36.0. The normalized spacial score (nSPS) is 12.5. The number of rotatable bonds is 5. The van der Waals surface area contributed by atoms with Crippen LogP contribution >= 0.6 is 0 Å². The molecule has 0 saturated carbocycles. The van der Waals surface area contributed by atoms with Crippen molar-refractivity contribution in [2.45, 2.75) is 65.2 Å². The Labute approximate surface area is 165 Å². The minimum Gasteiger partial charge on any atom is -0.467 e. The lowest BCUT2D eigenvalue weighted by molar-refractivity contribution is -0.143. The molecule has 2 amide bonds. The number of benzene rings is 1. The smallest absolute Gasteiger partial charge is 0.412 e. The molecule has 1 aromatic rings. The average molecular weight is 394 g/mol. The molecule has 0 bridgehead atoms. The number of anilines is 1. The Morgan fingerprint density at radius 1 is 0.964 bits per heavy atom. The van der Waals surface area contributed by atoms with Gasteiger partial charge in [0.05, 0.1) is 7.11 Å². The van der Waals surface area contributed by atoms with E-state index in [0.717, 1.165) is 0 Å². The summed E-state index contributed by atoms with van der Waals surface area (Å²) in [6, 6.07) is 5.95. The molecule has 8 heteroatoms. The first-order valence-electron chi connectivity index (χ1n) is 8.95. The van der Waals surface area contributed by atoms with E-state index in [1.165, 1.54) is 7.11 Å². The van der Waals surface area contributed by atoms with Crippen LogP contribution in [-0.2, 0) is 25.4 Å². The minimum atomic E-state index is -0.934. The molecular weight excluding hydrogens is 364 g/mol. The number of alkyl carbamates (subject to hydrolysis) is 1. The van der Waals surface area contributed by atoms with E-state index in [1.54, 1.807) is 65.8 Å². The zero-order chi connectivity index (χ0) is 21.5. The highest BCUT2D eigenvalue weighted by Gasteiger charge is 2.25. The summed E-state index contributed by atoms with van der Waals surface area (Å²) >= 11 is 0. The predicted molar refractivity (Wildman–Crippen MR) is 105 cm³/mol. The number of methoxy groups -OCH3 is 1. The molecule has 0 aromatic heterocycles. The number of amides is 2. The summed E-state index contributed by atoms with van der Waals surface area (Å²) in [7, 11) is 1.24. The van der Waals surface area contributed by atoms with E-state index in [-0.39, 0.29) is 6.42 Å². The van der Waals surface area contributed by atoms with Crippen LogP contribution in [0.15, 0.2) is 24.3 Å². The summed E-state index contributed by atoms with van der Waals surface area (Å²) in [5.74, 6) is -0.601. The van der Waals surface area contributed by atoms with Crippen molar-refractivity contribution < 1.29 is 28.6 Å². The number of carbonyl (C=O) groups is 3. The molecule has 0 spiro atoms. The first-order valence-corrected chi connectivity index (χ1v) is 8.95. The van der Waals surface area contributed by atoms with Gasteiger partial charge in [-0.05, 0) is 59.2 Å². The Balaban J connectivity index is 2.85. The van der Waals surface area contributed by atoms with Gasteiger partial charge in [-0.25, -0.2) is 14.4 Å². The maximum Gasteiger partial charge on any atom is 0.412 e. The Morgan fingerprint density at radius 3 is 2.07 bits per heavy atom. The van der Waals surface area contributed by atoms with Crippen LogP contribution in [0, 0.1) is 0 Å². The van der Waals surface area contributed by atoms with E-state index in [4.69, 9.17) is 14.2 Å². The fourth-order valence-corrected chi connectivity index (χ4v) is 2.22. The third-order valence-electron chi connectivity index (χ3n) is 3.19. The maximum atomic E-state index is 12.1. The topological polar surface area (TPSA) is 103 Å². The number of esters is 1. The molecule has 0 aliphatic carbocycles. The molecule has 0 unspecified atom stereocenters. The summed E-state index contributed by atoms with van der Waals surface area (Å²) in [5, 5.41) is 5.15. The molecule has 1 atom stereocenters. The molecule has 0 heterocycles. The van der Waals surface area contributed by atoms with Crippen LogP contribution in [0.25, 0.3) is 0 Å². The molecule has 0 aliphatic rings. The van der Waals surface area contributed by atoms with Crippen LogP contribution in [0.2, 0.25) is 0 Å². The van der Waals surface area contributed by atoms with Gasteiger partial charge in [0.15, 0.2) is 0 Å². The standard InChI is InChI=1S/C20H30N2O6/c1-19(2,3)27-17(24)21-14-10-8-9-13(11-14)12-15(16(23)26-7)22-18(25)28-20(4,5)6/h8-11,15H,12H2,1-7H3,(H,21,24)(H,22,25)/t15-/m0/s1. The number of ether oxygens (including phenoxy) is 3. The van der Waals surface area contributed by atoms with E-state index in [9.17, 15) is 14.4 Å². The Bertz CT molecular complexity index is 703. The maximum absolute atomic E-state index is 12.1. The van der Waals surface area contributed by atoms with Gasteiger partial charge in [0.1, 0.15) is 17.2 Å². The minimum absolute atomic E-state index is 0.162. The van der Waals surface area contributed by atoms with Gasteiger partial charge in [-0.1, -0.05) is 12.1 Å². The molecule has 8 nitrogen and oxygen atoms in total. The summed E-state index contributed by atoms with van der Waals surface area (Å²) in [6.45, 7) is 10.5. The van der Waals surface area contributed by atoms with E-state index >= 15 is 0 Å². The second-order valence-corrected chi connectivity index (χ2v) is 8.25. The van der Waals surface area contributed by atoms with Crippen molar-refractivity contribution >= 4 is 23.8 Å². The van der Waals surface area contributed by atoms with Crippen molar-refractivity contribution in [2.24, 2.45) is 0 Å². The molecule has 0 saturated heterocycles. The van der Waals surface area contributed by atoms with Crippen molar-refractivity contribution in [1.82, 2.24) is 5.32 Å². The van der Waals surface area contributed by atoms with Gasteiger partial charge < -0.3 is 19.5 Å². The Kier molecular flexibility index (Phi) is 7.84. The van der Waals surface area contributed by atoms with Gasteiger partial charge in [-0.2, -0.15) is 0 Å². The van der Waals surface area contributed by atoms with Gasteiger partial charge in [0, 0.05) is 12.1 Å². The number of carbonyl (C=O) groups excluding carboxylic acids is 3. The molecule has 0 aliphatic heterocycles. The third kappa shape index (κ3) is 9.25. The Hall–Kier alpha value is -2.77. The van der Waals surface area contributed by atoms with Crippen LogP contribution in [0.5, 0.6) is 0 Å². The van der Waals surface area contributed by atoms with Gasteiger partial charge >= 0.3 is 18.2 Å². The van der Waals surface area contributed by atoms with Crippen LogP contribution in [-0.4, -0.2) is 42.5 Å². The van der Waals surface area contributed by atoms with Crippen LogP contribution in [0.1, 0.15) is 47.1 Å². The fraction of sp³-hybridized carbons (Fsp3) is 0.550. The molecule has 1 rings (SSSR count). The average Bonchev–Trinajstić information content (AvgIpc) is 2.50. The molecular formula is C20H30N2O6. The first kappa shape index (κ1) is 23.3. The highest BCUT2D eigenvalue weighted by molar-refractivity contribution is 5.85. The zero-order valence-corrected chi connectivity index (χ0v) is 17.5. The van der Waals surface area contributed by atoms with Crippen molar-refractivity contribution in [1.29, 1.82) is 0 Å².